The van der Waals surface area contributed by atoms with Crippen LogP contribution in [-0.4, -0.2) is 52.6 Å². The van der Waals surface area contributed by atoms with Crippen molar-refractivity contribution in [3.63, 3.8) is 0 Å². The average molecular weight is 340 g/mol. The topological polar surface area (TPSA) is 90.5 Å². The second kappa shape index (κ2) is 6.00. The highest BCUT2D eigenvalue weighted by Gasteiger charge is 2.53. The minimum absolute atomic E-state index is 0.0456. The SMILES string of the molecule is NC(=O)[C@]12CCOC[C@H]1CN(C(=O)c1cncn1-c1ccccc1)C2. The van der Waals surface area contributed by atoms with Crippen LogP contribution < -0.4 is 5.73 Å². The number of carbonyl (C=O) groups is 2. The van der Waals surface area contributed by atoms with E-state index in [1.165, 1.54) is 0 Å². The van der Waals surface area contributed by atoms with E-state index < -0.39 is 5.41 Å². The molecule has 4 rings (SSSR count). The number of fused-ring (bicyclic) bond motifs is 1. The molecule has 0 spiro atoms. The summed E-state index contributed by atoms with van der Waals surface area (Å²) in [7, 11) is 0. The number of carbonyl (C=O) groups excluding carboxylic acids is 2. The van der Waals surface area contributed by atoms with Crippen molar-refractivity contribution in [2.45, 2.75) is 6.42 Å². The van der Waals surface area contributed by atoms with E-state index in [1.807, 2.05) is 30.3 Å². The predicted octanol–water partition coefficient (Wildman–Crippen LogP) is 0.836. The van der Waals surface area contributed by atoms with Crippen molar-refractivity contribution in [1.29, 1.82) is 0 Å². The number of ether oxygens (including phenoxy) is 1. The number of hydrogen-bond donors (Lipinski definition) is 1. The lowest BCUT2D eigenvalue weighted by atomic mass is 9.74. The number of aromatic nitrogens is 2. The smallest absolute Gasteiger partial charge is 0.272 e. The summed E-state index contributed by atoms with van der Waals surface area (Å²) in [6.45, 7) is 1.78. The summed E-state index contributed by atoms with van der Waals surface area (Å²) in [6.07, 6.45) is 3.75. The third-order valence-corrected chi connectivity index (χ3v) is 5.38. The molecule has 0 aliphatic carbocycles. The summed E-state index contributed by atoms with van der Waals surface area (Å²) in [5.74, 6) is -0.528. The number of nitrogens with two attached hydrogens (primary N) is 1. The van der Waals surface area contributed by atoms with E-state index in [1.54, 1.807) is 22.0 Å². The number of hydrogen-bond acceptors (Lipinski definition) is 4. The number of rotatable bonds is 3. The molecule has 7 nitrogen and oxygen atoms in total. The maximum Gasteiger partial charge on any atom is 0.272 e. The molecule has 25 heavy (non-hydrogen) atoms. The lowest BCUT2D eigenvalue weighted by Gasteiger charge is -2.34. The van der Waals surface area contributed by atoms with Gasteiger partial charge in [0, 0.05) is 31.3 Å². The number of likely N-dealkylation sites (tertiary alicyclic amines) is 1. The van der Waals surface area contributed by atoms with Crippen LogP contribution in [-0.2, 0) is 9.53 Å². The first kappa shape index (κ1) is 15.8. The van der Waals surface area contributed by atoms with Crippen LogP contribution in [0.4, 0.5) is 0 Å². The number of benzene rings is 1. The summed E-state index contributed by atoms with van der Waals surface area (Å²) in [6, 6.07) is 9.58. The van der Waals surface area contributed by atoms with E-state index in [9.17, 15) is 9.59 Å². The zero-order valence-electron chi connectivity index (χ0n) is 13.8. The lowest BCUT2D eigenvalue weighted by molar-refractivity contribution is -0.135. The Morgan fingerprint density at radius 2 is 2.08 bits per heavy atom. The minimum Gasteiger partial charge on any atom is -0.381 e. The summed E-state index contributed by atoms with van der Waals surface area (Å²) >= 11 is 0. The van der Waals surface area contributed by atoms with Crippen LogP contribution in [0.1, 0.15) is 16.9 Å². The first-order valence-corrected chi connectivity index (χ1v) is 8.36. The van der Waals surface area contributed by atoms with E-state index in [0.717, 1.165) is 5.69 Å². The second-order valence-electron chi connectivity index (χ2n) is 6.71. The molecule has 2 saturated heterocycles. The van der Waals surface area contributed by atoms with Crippen LogP contribution in [0, 0.1) is 11.3 Å². The summed E-state index contributed by atoms with van der Waals surface area (Å²) in [5, 5.41) is 0. The summed E-state index contributed by atoms with van der Waals surface area (Å²) < 4.78 is 7.27. The van der Waals surface area contributed by atoms with Crippen molar-refractivity contribution < 1.29 is 14.3 Å². The Hall–Kier alpha value is -2.67. The zero-order valence-corrected chi connectivity index (χ0v) is 13.8. The van der Waals surface area contributed by atoms with Gasteiger partial charge in [0.25, 0.3) is 5.91 Å². The normalized spacial score (nSPS) is 25.6. The van der Waals surface area contributed by atoms with Crippen molar-refractivity contribution in [1.82, 2.24) is 14.5 Å². The molecule has 7 heteroatoms. The van der Waals surface area contributed by atoms with Crippen LogP contribution >= 0.6 is 0 Å². The van der Waals surface area contributed by atoms with Gasteiger partial charge in [-0.1, -0.05) is 18.2 Å². The third-order valence-electron chi connectivity index (χ3n) is 5.38. The van der Waals surface area contributed by atoms with Gasteiger partial charge < -0.3 is 15.4 Å². The number of imidazole rings is 1. The molecule has 2 amide bonds. The second-order valence-corrected chi connectivity index (χ2v) is 6.71. The van der Waals surface area contributed by atoms with Gasteiger partial charge in [0.15, 0.2) is 0 Å². The lowest BCUT2D eigenvalue weighted by Crippen LogP contribution is -2.48. The van der Waals surface area contributed by atoms with Gasteiger partial charge in [-0.15, -0.1) is 0 Å². The quantitative estimate of drug-likeness (QED) is 0.896. The minimum atomic E-state index is -0.675. The predicted molar refractivity (Wildman–Crippen MR) is 90.0 cm³/mol. The van der Waals surface area contributed by atoms with Crippen molar-refractivity contribution in [2.75, 3.05) is 26.3 Å². The van der Waals surface area contributed by atoms with Crippen LogP contribution in [0.15, 0.2) is 42.9 Å². The Labute approximate surface area is 145 Å². The van der Waals surface area contributed by atoms with Gasteiger partial charge in [0.2, 0.25) is 5.91 Å². The fourth-order valence-electron chi connectivity index (χ4n) is 3.92. The van der Waals surface area contributed by atoms with Crippen LogP contribution in [0.5, 0.6) is 0 Å². The molecule has 2 aromatic rings. The molecule has 1 aromatic heterocycles. The highest BCUT2D eigenvalue weighted by molar-refractivity contribution is 5.94. The highest BCUT2D eigenvalue weighted by Crippen LogP contribution is 2.42. The molecule has 2 N–H and O–H groups in total. The molecule has 0 saturated carbocycles. The van der Waals surface area contributed by atoms with Gasteiger partial charge in [-0.25, -0.2) is 4.98 Å². The zero-order chi connectivity index (χ0) is 17.4. The van der Waals surface area contributed by atoms with Crippen molar-refractivity contribution in [3.8, 4) is 5.69 Å². The summed E-state index contributed by atoms with van der Waals surface area (Å²) in [5.41, 5.74) is 6.37. The average Bonchev–Trinajstić information content (AvgIpc) is 3.27. The monoisotopic (exact) mass is 340 g/mol. The van der Waals surface area contributed by atoms with E-state index in [0.29, 0.717) is 38.4 Å². The third kappa shape index (κ3) is 2.51. The van der Waals surface area contributed by atoms with E-state index >= 15 is 0 Å². The largest absolute Gasteiger partial charge is 0.381 e. The maximum atomic E-state index is 13.1. The first-order chi connectivity index (χ1) is 12.1. The Morgan fingerprint density at radius 3 is 2.80 bits per heavy atom. The standard InChI is InChI=1S/C18H20N4O3/c19-17(24)18-6-7-25-10-13(18)9-21(11-18)16(23)15-8-20-12-22(15)14-4-2-1-3-5-14/h1-5,8,12-13H,6-7,9-11H2,(H2,19,24)/t13-,18+/m1/s1. The maximum absolute atomic E-state index is 13.1. The number of para-hydroxylation sites is 1. The van der Waals surface area contributed by atoms with Crippen molar-refractivity contribution >= 4 is 11.8 Å². The van der Waals surface area contributed by atoms with E-state index in [-0.39, 0.29) is 17.7 Å². The molecule has 1 aromatic carbocycles. The number of amides is 2. The van der Waals surface area contributed by atoms with Crippen LogP contribution in [0.3, 0.4) is 0 Å². The molecular weight excluding hydrogens is 320 g/mol. The van der Waals surface area contributed by atoms with Crippen LogP contribution in [0.25, 0.3) is 5.69 Å². The van der Waals surface area contributed by atoms with Crippen molar-refractivity contribution in [3.05, 3.63) is 48.5 Å². The fraction of sp³-hybridized carbons (Fsp3) is 0.389. The van der Waals surface area contributed by atoms with Gasteiger partial charge >= 0.3 is 0 Å². The summed E-state index contributed by atoms with van der Waals surface area (Å²) in [4.78, 5) is 31.0. The molecule has 0 radical (unpaired) electrons. The number of nitrogens with zero attached hydrogens (tertiary/aromatic N) is 3. The Morgan fingerprint density at radius 1 is 1.28 bits per heavy atom. The van der Waals surface area contributed by atoms with Gasteiger partial charge in [-0.2, -0.15) is 0 Å². The molecule has 2 atom stereocenters. The van der Waals surface area contributed by atoms with Gasteiger partial charge in [-0.05, 0) is 18.6 Å². The van der Waals surface area contributed by atoms with Crippen LogP contribution in [0.2, 0.25) is 0 Å². The first-order valence-electron chi connectivity index (χ1n) is 8.36. The molecular formula is C18H20N4O3. The van der Waals surface area contributed by atoms with E-state index in [2.05, 4.69) is 4.98 Å². The van der Waals surface area contributed by atoms with E-state index in [4.69, 9.17) is 10.5 Å². The fourth-order valence-corrected chi connectivity index (χ4v) is 3.92. The van der Waals surface area contributed by atoms with Gasteiger partial charge in [0.1, 0.15) is 5.69 Å². The molecule has 2 aliphatic rings. The molecule has 2 aliphatic heterocycles. The Bertz CT molecular complexity index is 804. The Balaban J connectivity index is 1.63. The number of primary amides is 1. The molecule has 130 valence electrons. The molecule has 2 fully saturated rings. The van der Waals surface area contributed by atoms with Gasteiger partial charge in [-0.3, -0.25) is 14.2 Å². The van der Waals surface area contributed by atoms with Crippen molar-refractivity contribution in [2.24, 2.45) is 17.1 Å². The Kier molecular flexibility index (Phi) is 3.80. The highest BCUT2D eigenvalue weighted by atomic mass is 16.5. The van der Waals surface area contributed by atoms with Gasteiger partial charge in [0.05, 0.1) is 24.5 Å². The molecule has 0 bridgehead atoms. The molecule has 3 heterocycles. The molecule has 0 unspecified atom stereocenters.